The summed E-state index contributed by atoms with van der Waals surface area (Å²) in [5.74, 6) is 1.02. The van der Waals surface area contributed by atoms with Gasteiger partial charge in [-0.1, -0.05) is 11.8 Å². The molecule has 1 aromatic rings. The molecular formula is C14H15NO3S. The van der Waals surface area contributed by atoms with Gasteiger partial charge in [0.1, 0.15) is 5.75 Å². The van der Waals surface area contributed by atoms with Crippen LogP contribution < -0.4 is 9.64 Å². The molecule has 19 heavy (non-hydrogen) atoms. The summed E-state index contributed by atoms with van der Waals surface area (Å²) in [6, 6.07) is 5.88. The lowest BCUT2D eigenvalue weighted by Gasteiger charge is -2.17. The summed E-state index contributed by atoms with van der Waals surface area (Å²) in [7, 11) is 0. The van der Waals surface area contributed by atoms with Gasteiger partial charge in [0, 0.05) is 37.2 Å². The lowest BCUT2D eigenvalue weighted by Crippen LogP contribution is -2.24. The first-order valence-electron chi connectivity index (χ1n) is 6.37. The van der Waals surface area contributed by atoms with E-state index in [0.717, 1.165) is 30.0 Å². The van der Waals surface area contributed by atoms with Crippen molar-refractivity contribution in [2.45, 2.75) is 25.0 Å². The van der Waals surface area contributed by atoms with Crippen LogP contribution in [0, 0.1) is 0 Å². The summed E-state index contributed by atoms with van der Waals surface area (Å²) in [5, 5.41) is 0.150. The Bertz CT molecular complexity index is 543. The number of fused-ring (bicyclic) bond motifs is 1. The van der Waals surface area contributed by atoms with Crippen LogP contribution in [0.3, 0.4) is 0 Å². The number of thioether (sulfide) groups is 1. The second-order valence-corrected chi connectivity index (χ2v) is 6.31. The standard InChI is InChI=1S/C14H15NO3S/c1-9(16)19-12-7-14(17)15(8-12)11-2-3-13-10(6-11)4-5-18-13/h2-3,6,12H,4-5,7-8H2,1H3. The van der Waals surface area contributed by atoms with Crippen molar-refractivity contribution in [3.05, 3.63) is 23.8 Å². The first kappa shape index (κ1) is 12.5. The fourth-order valence-corrected chi connectivity index (χ4v) is 3.50. The zero-order valence-electron chi connectivity index (χ0n) is 10.7. The molecule has 1 saturated heterocycles. The van der Waals surface area contributed by atoms with E-state index in [4.69, 9.17) is 4.74 Å². The summed E-state index contributed by atoms with van der Waals surface area (Å²) in [4.78, 5) is 24.9. The number of hydrogen-bond donors (Lipinski definition) is 0. The average molecular weight is 277 g/mol. The molecule has 2 heterocycles. The smallest absolute Gasteiger partial charge is 0.228 e. The van der Waals surface area contributed by atoms with E-state index in [0.29, 0.717) is 13.0 Å². The van der Waals surface area contributed by atoms with Gasteiger partial charge in [0.25, 0.3) is 0 Å². The molecule has 1 aromatic carbocycles. The van der Waals surface area contributed by atoms with Gasteiger partial charge in [0.2, 0.25) is 5.91 Å². The Morgan fingerprint density at radius 2 is 2.32 bits per heavy atom. The maximum absolute atomic E-state index is 12.0. The number of ether oxygens (including phenoxy) is 1. The van der Waals surface area contributed by atoms with E-state index >= 15 is 0 Å². The van der Waals surface area contributed by atoms with E-state index in [1.165, 1.54) is 11.8 Å². The lowest BCUT2D eigenvalue weighted by atomic mass is 10.1. The Kier molecular flexibility index (Phi) is 3.22. The highest BCUT2D eigenvalue weighted by molar-refractivity contribution is 8.14. The van der Waals surface area contributed by atoms with Crippen LogP contribution in [0.4, 0.5) is 5.69 Å². The lowest BCUT2D eigenvalue weighted by molar-refractivity contribution is -0.117. The first-order valence-corrected chi connectivity index (χ1v) is 7.25. The summed E-state index contributed by atoms with van der Waals surface area (Å²) in [6.07, 6.45) is 1.34. The van der Waals surface area contributed by atoms with Crippen LogP contribution in [0.15, 0.2) is 18.2 Å². The molecule has 1 fully saturated rings. The van der Waals surface area contributed by atoms with Gasteiger partial charge in [-0.3, -0.25) is 9.59 Å². The van der Waals surface area contributed by atoms with Crippen LogP contribution in [0.5, 0.6) is 5.75 Å². The molecule has 1 atom stereocenters. The number of rotatable bonds is 2. The molecular weight excluding hydrogens is 262 g/mol. The van der Waals surface area contributed by atoms with Crippen LogP contribution >= 0.6 is 11.8 Å². The van der Waals surface area contributed by atoms with Gasteiger partial charge in [0.15, 0.2) is 5.12 Å². The van der Waals surface area contributed by atoms with Gasteiger partial charge in [-0.25, -0.2) is 0 Å². The Hall–Kier alpha value is -1.49. The highest BCUT2D eigenvalue weighted by Crippen LogP contribution is 2.33. The highest BCUT2D eigenvalue weighted by Gasteiger charge is 2.32. The molecule has 1 amide bonds. The summed E-state index contributed by atoms with van der Waals surface area (Å²) < 4.78 is 5.46. The molecule has 0 saturated carbocycles. The minimum atomic E-state index is 0.0713. The van der Waals surface area contributed by atoms with Crippen molar-refractivity contribution in [3.8, 4) is 5.75 Å². The number of carbonyl (C=O) groups excluding carboxylic acids is 2. The molecule has 0 aromatic heterocycles. The molecule has 0 aliphatic carbocycles. The molecule has 100 valence electrons. The van der Waals surface area contributed by atoms with Gasteiger partial charge in [-0.2, -0.15) is 0 Å². The summed E-state index contributed by atoms with van der Waals surface area (Å²) in [6.45, 7) is 2.88. The van der Waals surface area contributed by atoms with Crippen molar-refractivity contribution in [2.24, 2.45) is 0 Å². The van der Waals surface area contributed by atoms with E-state index in [9.17, 15) is 9.59 Å². The Labute approximate surface area is 116 Å². The van der Waals surface area contributed by atoms with Crippen LogP contribution in [0.1, 0.15) is 18.9 Å². The molecule has 5 heteroatoms. The van der Waals surface area contributed by atoms with E-state index < -0.39 is 0 Å². The normalized spacial score (nSPS) is 21.4. The fourth-order valence-electron chi connectivity index (χ4n) is 2.58. The molecule has 1 unspecified atom stereocenters. The van der Waals surface area contributed by atoms with Gasteiger partial charge in [-0.05, 0) is 23.8 Å². The number of amides is 1. The summed E-state index contributed by atoms with van der Waals surface area (Å²) in [5.41, 5.74) is 2.08. The number of anilines is 1. The van der Waals surface area contributed by atoms with Crippen molar-refractivity contribution in [1.29, 1.82) is 0 Å². The quantitative estimate of drug-likeness (QED) is 0.829. The molecule has 0 spiro atoms. The van der Waals surface area contributed by atoms with E-state index in [1.54, 1.807) is 11.8 Å². The van der Waals surface area contributed by atoms with Gasteiger partial charge in [0.05, 0.1) is 6.61 Å². The van der Waals surface area contributed by atoms with Crippen molar-refractivity contribution < 1.29 is 14.3 Å². The van der Waals surface area contributed by atoms with Crippen LogP contribution in [0.2, 0.25) is 0 Å². The van der Waals surface area contributed by atoms with Crippen LogP contribution in [-0.2, 0) is 16.0 Å². The third-order valence-electron chi connectivity index (χ3n) is 3.41. The summed E-state index contributed by atoms with van der Waals surface area (Å²) >= 11 is 1.26. The minimum Gasteiger partial charge on any atom is -0.493 e. The first-order chi connectivity index (χ1) is 9.13. The van der Waals surface area contributed by atoms with E-state index in [2.05, 4.69) is 0 Å². The molecule has 2 aliphatic rings. The third kappa shape index (κ3) is 2.47. The minimum absolute atomic E-state index is 0.0713. The topological polar surface area (TPSA) is 46.6 Å². The van der Waals surface area contributed by atoms with Crippen LogP contribution in [0.25, 0.3) is 0 Å². The second kappa shape index (κ2) is 4.89. The monoisotopic (exact) mass is 277 g/mol. The molecule has 4 nitrogen and oxygen atoms in total. The number of benzene rings is 1. The SMILES string of the molecule is CC(=O)SC1CC(=O)N(c2ccc3c(c2)CCO3)C1. The van der Waals surface area contributed by atoms with E-state index in [-0.39, 0.29) is 16.3 Å². The highest BCUT2D eigenvalue weighted by atomic mass is 32.2. The van der Waals surface area contributed by atoms with Gasteiger partial charge >= 0.3 is 0 Å². The molecule has 0 radical (unpaired) electrons. The second-order valence-electron chi connectivity index (χ2n) is 4.83. The van der Waals surface area contributed by atoms with Crippen molar-refractivity contribution in [3.63, 3.8) is 0 Å². The van der Waals surface area contributed by atoms with Gasteiger partial charge in [-0.15, -0.1) is 0 Å². The molecule has 0 N–H and O–H groups in total. The maximum Gasteiger partial charge on any atom is 0.228 e. The maximum atomic E-state index is 12.0. The number of nitrogens with zero attached hydrogens (tertiary/aromatic N) is 1. The predicted octanol–water partition coefficient (Wildman–Crippen LogP) is 2.01. The third-order valence-corrected chi connectivity index (χ3v) is 4.39. The number of carbonyl (C=O) groups is 2. The average Bonchev–Trinajstić information content (AvgIpc) is 2.93. The van der Waals surface area contributed by atoms with Crippen molar-refractivity contribution in [2.75, 3.05) is 18.1 Å². The Morgan fingerprint density at radius 3 is 3.11 bits per heavy atom. The molecule has 0 bridgehead atoms. The van der Waals surface area contributed by atoms with Crippen LogP contribution in [-0.4, -0.2) is 29.4 Å². The number of hydrogen-bond acceptors (Lipinski definition) is 4. The van der Waals surface area contributed by atoms with E-state index in [1.807, 2.05) is 18.2 Å². The van der Waals surface area contributed by atoms with Crippen molar-refractivity contribution >= 4 is 28.5 Å². The Balaban J connectivity index is 1.79. The Morgan fingerprint density at radius 1 is 1.47 bits per heavy atom. The molecule has 3 rings (SSSR count). The fraction of sp³-hybridized carbons (Fsp3) is 0.429. The van der Waals surface area contributed by atoms with Gasteiger partial charge < -0.3 is 9.64 Å². The van der Waals surface area contributed by atoms with Crippen molar-refractivity contribution in [1.82, 2.24) is 0 Å². The predicted molar refractivity (Wildman–Crippen MR) is 74.7 cm³/mol. The zero-order chi connectivity index (χ0) is 13.4. The zero-order valence-corrected chi connectivity index (χ0v) is 11.5. The molecule has 2 aliphatic heterocycles. The largest absolute Gasteiger partial charge is 0.493 e.